The molecular weight excluding hydrogens is 226 g/mol. The molecule has 2 heterocycles. The molecule has 4 nitrogen and oxygen atoms in total. The highest BCUT2D eigenvalue weighted by molar-refractivity contribution is 8.01. The van der Waals surface area contributed by atoms with E-state index < -0.39 is 0 Å². The average molecular weight is 241 g/mol. The Kier molecular flexibility index (Phi) is 2.21. The lowest BCUT2D eigenvalue weighted by atomic mass is 10.0. The second-order valence-corrected chi connectivity index (χ2v) is 6.08. The summed E-state index contributed by atoms with van der Waals surface area (Å²) in [5.41, 5.74) is 0. The number of ether oxygens (including phenoxy) is 1. The van der Waals surface area contributed by atoms with Gasteiger partial charge in [0.1, 0.15) is 6.04 Å². The Labute approximate surface area is 98.7 Å². The van der Waals surface area contributed by atoms with Crippen molar-refractivity contribution in [3.8, 4) is 0 Å². The van der Waals surface area contributed by atoms with Crippen LogP contribution < -0.4 is 0 Å². The molecular formula is C11H15NO3S. The molecule has 3 aliphatic rings. The first-order chi connectivity index (χ1) is 7.69. The van der Waals surface area contributed by atoms with Gasteiger partial charge in [-0.3, -0.25) is 4.79 Å². The van der Waals surface area contributed by atoms with E-state index >= 15 is 0 Å². The van der Waals surface area contributed by atoms with Gasteiger partial charge in [0.15, 0.2) is 0 Å². The van der Waals surface area contributed by atoms with Gasteiger partial charge in [-0.2, -0.15) is 0 Å². The van der Waals surface area contributed by atoms with E-state index in [4.69, 9.17) is 4.74 Å². The van der Waals surface area contributed by atoms with Gasteiger partial charge in [0.05, 0.1) is 12.0 Å². The van der Waals surface area contributed by atoms with Crippen LogP contribution in [0.2, 0.25) is 0 Å². The fourth-order valence-electron chi connectivity index (χ4n) is 3.43. The van der Waals surface area contributed by atoms with Crippen molar-refractivity contribution in [1.29, 1.82) is 0 Å². The fourth-order valence-corrected chi connectivity index (χ4v) is 5.26. The van der Waals surface area contributed by atoms with Gasteiger partial charge in [-0.15, -0.1) is 11.8 Å². The normalized spacial score (nSPS) is 41.1. The number of nitrogens with zero attached hydrogens (tertiary/aromatic N) is 1. The third-order valence-electron chi connectivity index (χ3n) is 4.10. The van der Waals surface area contributed by atoms with Crippen molar-refractivity contribution in [2.24, 2.45) is 5.92 Å². The number of thioether (sulfide) groups is 1. The molecule has 0 radical (unpaired) electrons. The summed E-state index contributed by atoms with van der Waals surface area (Å²) in [5, 5.41) is 0. The maximum atomic E-state index is 12.0. The van der Waals surface area contributed by atoms with Crippen molar-refractivity contribution >= 4 is 23.6 Å². The van der Waals surface area contributed by atoms with Crippen molar-refractivity contribution in [2.75, 3.05) is 12.9 Å². The Bertz CT molecular complexity index is 359. The Morgan fingerprint density at radius 3 is 3.19 bits per heavy atom. The van der Waals surface area contributed by atoms with Crippen molar-refractivity contribution in [3.63, 3.8) is 0 Å². The highest BCUT2D eigenvalue weighted by atomic mass is 32.2. The number of esters is 1. The summed E-state index contributed by atoms with van der Waals surface area (Å²) in [5.74, 6) is 1.05. The summed E-state index contributed by atoms with van der Waals surface area (Å²) in [7, 11) is 1.39. The number of hydrogen-bond donors (Lipinski definition) is 0. The third-order valence-corrected chi connectivity index (χ3v) is 5.82. The van der Waals surface area contributed by atoms with Crippen LogP contribution in [0.5, 0.6) is 0 Å². The summed E-state index contributed by atoms with van der Waals surface area (Å²) < 4.78 is 4.79. The lowest BCUT2D eigenvalue weighted by molar-refractivity contribution is -0.151. The zero-order valence-electron chi connectivity index (χ0n) is 9.27. The van der Waals surface area contributed by atoms with Crippen LogP contribution in [0.4, 0.5) is 0 Å². The SMILES string of the molecule is COC(=O)[C@@H]1CS[C@@]23CCC[C@@H]2CC(=O)N13. The fraction of sp³-hybridized carbons (Fsp3) is 0.818. The Morgan fingerprint density at radius 2 is 2.44 bits per heavy atom. The zero-order chi connectivity index (χ0) is 11.3. The monoisotopic (exact) mass is 241 g/mol. The standard InChI is InChI=1S/C11H15NO3S/c1-15-10(14)8-6-16-11-4-2-3-7(11)5-9(13)12(8)11/h7-8H,2-6H2,1H3/t7-,8+,11+/m1/s1. The van der Waals surface area contributed by atoms with Gasteiger partial charge >= 0.3 is 5.97 Å². The molecule has 0 aromatic carbocycles. The number of methoxy groups -OCH3 is 1. The predicted molar refractivity (Wildman–Crippen MR) is 59.8 cm³/mol. The van der Waals surface area contributed by atoms with E-state index in [0.717, 1.165) is 12.8 Å². The van der Waals surface area contributed by atoms with E-state index in [-0.39, 0.29) is 22.8 Å². The molecule has 0 bridgehead atoms. The predicted octanol–water partition coefficient (Wildman–Crippen LogP) is 1.00. The number of carbonyl (C=O) groups is 2. The van der Waals surface area contributed by atoms with Gasteiger partial charge < -0.3 is 9.64 Å². The van der Waals surface area contributed by atoms with Crippen LogP contribution in [-0.4, -0.2) is 40.6 Å². The Balaban J connectivity index is 1.94. The van der Waals surface area contributed by atoms with Crippen LogP contribution in [0.1, 0.15) is 25.7 Å². The maximum absolute atomic E-state index is 12.0. The van der Waals surface area contributed by atoms with Gasteiger partial charge in [0.25, 0.3) is 0 Å². The second kappa shape index (κ2) is 3.39. The highest BCUT2D eigenvalue weighted by Gasteiger charge is 2.62. The zero-order valence-corrected chi connectivity index (χ0v) is 10.1. The van der Waals surface area contributed by atoms with Gasteiger partial charge in [-0.05, 0) is 19.3 Å². The number of hydrogen-bond acceptors (Lipinski definition) is 4. The van der Waals surface area contributed by atoms with Gasteiger partial charge in [-0.1, -0.05) is 0 Å². The molecule has 16 heavy (non-hydrogen) atoms. The molecule has 5 heteroatoms. The van der Waals surface area contributed by atoms with E-state index in [2.05, 4.69) is 0 Å². The van der Waals surface area contributed by atoms with E-state index in [1.807, 2.05) is 4.90 Å². The minimum atomic E-state index is -0.342. The molecule has 2 aliphatic heterocycles. The number of carbonyl (C=O) groups excluding carboxylic acids is 2. The molecule has 1 saturated carbocycles. The van der Waals surface area contributed by atoms with Crippen LogP contribution in [0, 0.1) is 5.92 Å². The first kappa shape index (κ1) is 10.4. The van der Waals surface area contributed by atoms with E-state index in [1.165, 1.54) is 13.5 Å². The summed E-state index contributed by atoms with van der Waals surface area (Å²) in [6, 6.07) is -0.342. The van der Waals surface area contributed by atoms with Gasteiger partial charge in [-0.25, -0.2) is 4.79 Å². The van der Waals surface area contributed by atoms with Crippen LogP contribution in [0.25, 0.3) is 0 Å². The minimum Gasteiger partial charge on any atom is -0.467 e. The topological polar surface area (TPSA) is 46.6 Å². The van der Waals surface area contributed by atoms with Crippen molar-refractivity contribution < 1.29 is 14.3 Å². The van der Waals surface area contributed by atoms with Crippen LogP contribution in [0.3, 0.4) is 0 Å². The number of rotatable bonds is 1. The summed E-state index contributed by atoms with van der Waals surface area (Å²) in [6.07, 6.45) is 3.97. The number of amides is 1. The molecule has 1 amide bonds. The lowest BCUT2D eigenvalue weighted by Gasteiger charge is -2.32. The van der Waals surface area contributed by atoms with E-state index in [0.29, 0.717) is 18.1 Å². The molecule has 3 atom stereocenters. The van der Waals surface area contributed by atoms with Crippen LogP contribution in [0.15, 0.2) is 0 Å². The molecule has 0 N–H and O–H groups in total. The molecule has 1 aliphatic carbocycles. The first-order valence-electron chi connectivity index (χ1n) is 5.73. The minimum absolute atomic E-state index is 0.0596. The van der Waals surface area contributed by atoms with Crippen molar-refractivity contribution in [1.82, 2.24) is 4.90 Å². The van der Waals surface area contributed by atoms with Gasteiger partial charge in [0.2, 0.25) is 5.91 Å². The molecule has 88 valence electrons. The smallest absolute Gasteiger partial charge is 0.329 e. The molecule has 3 rings (SSSR count). The van der Waals surface area contributed by atoms with Crippen molar-refractivity contribution in [2.45, 2.75) is 36.6 Å². The van der Waals surface area contributed by atoms with Crippen molar-refractivity contribution in [3.05, 3.63) is 0 Å². The Hall–Kier alpha value is -0.710. The van der Waals surface area contributed by atoms with E-state index in [1.54, 1.807) is 11.8 Å². The largest absolute Gasteiger partial charge is 0.467 e. The second-order valence-electron chi connectivity index (χ2n) is 4.75. The van der Waals surface area contributed by atoms with Crippen LogP contribution in [-0.2, 0) is 14.3 Å². The summed E-state index contributed by atoms with van der Waals surface area (Å²) >= 11 is 1.79. The first-order valence-corrected chi connectivity index (χ1v) is 6.71. The third kappa shape index (κ3) is 1.12. The molecule has 0 unspecified atom stereocenters. The average Bonchev–Trinajstić information content (AvgIpc) is 2.88. The van der Waals surface area contributed by atoms with Crippen LogP contribution >= 0.6 is 11.8 Å². The molecule has 0 aromatic rings. The molecule has 2 saturated heterocycles. The lowest BCUT2D eigenvalue weighted by Crippen LogP contribution is -2.48. The van der Waals surface area contributed by atoms with E-state index in [9.17, 15) is 9.59 Å². The molecule has 0 aromatic heterocycles. The maximum Gasteiger partial charge on any atom is 0.329 e. The highest BCUT2D eigenvalue weighted by Crippen LogP contribution is 2.58. The molecule has 3 fully saturated rings. The summed E-state index contributed by atoms with van der Waals surface area (Å²) in [6.45, 7) is 0. The Morgan fingerprint density at radius 1 is 1.62 bits per heavy atom. The quantitative estimate of drug-likeness (QED) is 0.643. The summed E-state index contributed by atoms with van der Waals surface area (Å²) in [4.78, 5) is 25.4. The van der Waals surface area contributed by atoms with Gasteiger partial charge in [0, 0.05) is 18.1 Å². The molecule has 1 spiro atoms.